The molecule has 2 aromatic carbocycles. The van der Waals surface area contributed by atoms with E-state index in [1.54, 1.807) is 23.3 Å². The molecule has 4 nitrogen and oxygen atoms in total. The molecule has 0 N–H and O–H groups in total. The Hall–Kier alpha value is -2.40. The maximum Gasteiger partial charge on any atom is 0.223 e. The van der Waals surface area contributed by atoms with Crippen LogP contribution in [0.5, 0.6) is 5.75 Å². The van der Waals surface area contributed by atoms with Crippen molar-refractivity contribution in [2.45, 2.75) is 13.5 Å². The average molecular weight is 312 g/mol. The molecule has 1 aromatic heterocycles. The van der Waals surface area contributed by atoms with E-state index in [0.29, 0.717) is 6.61 Å². The van der Waals surface area contributed by atoms with Gasteiger partial charge < -0.3 is 9.64 Å². The first-order valence-corrected chi connectivity index (χ1v) is 7.77. The van der Waals surface area contributed by atoms with Gasteiger partial charge >= 0.3 is 0 Å². The van der Waals surface area contributed by atoms with Crippen molar-refractivity contribution in [3.63, 3.8) is 0 Å². The van der Waals surface area contributed by atoms with Crippen molar-refractivity contribution in [2.75, 3.05) is 11.9 Å². The molecule has 22 heavy (non-hydrogen) atoms. The van der Waals surface area contributed by atoms with Crippen LogP contribution in [0, 0.1) is 0 Å². The molecule has 0 aliphatic carbocycles. The second-order valence-corrected chi connectivity index (χ2v) is 6.05. The van der Waals surface area contributed by atoms with Gasteiger partial charge in [-0.05, 0) is 36.4 Å². The minimum absolute atomic E-state index is 0.00291. The highest BCUT2D eigenvalue weighted by Crippen LogP contribution is 2.24. The molecule has 1 amide bonds. The Kier molecular flexibility index (Phi) is 4.06. The quantitative estimate of drug-likeness (QED) is 0.734. The number of carbonyl (C=O) groups excluding carboxylic acids is 1. The van der Waals surface area contributed by atoms with E-state index in [1.807, 2.05) is 42.5 Å². The van der Waals surface area contributed by atoms with Gasteiger partial charge in [0.1, 0.15) is 17.4 Å². The number of carbonyl (C=O) groups is 1. The number of anilines is 1. The molecule has 5 heteroatoms. The summed E-state index contributed by atoms with van der Waals surface area (Å²) in [4.78, 5) is 17.4. The first-order chi connectivity index (χ1) is 10.6. The van der Waals surface area contributed by atoms with Crippen LogP contribution >= 0.6 is 11.3 Å². The molecule has 0 spiro atoms. The van der Waals surface area contributed by atoms with Crippen molar-refractivity contribution in [1.29, 1.82) is 0 Å². The number of benzene rings is 2. The fraction of sp³-hybridized carbons (Fsp3) is 0.176. The molecule has 3 rings (SSSR count). The summed E-state index contributed by atoms with van der Waals surface area (Å²) in [6.45, 7) is 1.98. The zero-order valence-electron chi connectivity index (χ0n) is 12.4. The highest BCUT2D eigenvalue weighted by molar-refractivity contribution is 7.18. The van der Waals surface area contributed by atoms with Crippen molar-refractivity contribution < 1.29 is 9.53 Å². The van der Waals surface area contributed by atoms with Gasteiger partial charge in [0.2, 0.25) is 5.91 Å². The average Bonchev–Trinajstić information content (AvgIpc) is 2.95. The predicted octanol–water partition coefficient (Wildman–Crippen LogP) is 3.86. The van der Waals surface area contributed by atoms with Gasteiger partial charge in [0.25, 0.3) is 0 Å². The van der Waals surface area contributed by atoms with Crippen LogP contribution in [0.15, 0.2) is 48.5 Å². The number of fused-ring (bicyclic) bond motifs is 1. The molecule has 0 fully saturated rings. The van der Waals surface area contributed by atoms with Crippen LogP contribution in [0.1, 0.15) is 11.9 Å². The topological polar surface area (TPSA) is 42.4 Å². The molecule has 3 aromatic rings. The third kappa shape index (κ3) is 3.09. The number of aromatic nitrogens is 1. The van der Waals surface area contributed by atoms with Crippen LogP contribution in [0.2, 0.25) is 0 Å². The van der Waals surface area contributed by atoms with E-state index >= 15 is 0 Å². The normalized spacial score (nSPS) is 10.6. The lowest BCUT2D eigenvalue weighted by molar-refractivity contribution is -0.116. The maximum absolute atomic E-state index is 11.3. The number of nitrogens with zero attached hydrogens (tertiary/aromatic N) is 2. The second-order valence-electron chi connectivity index (χ2n) is 4.94. The summed E-state index contributed by atoms with van der Waals surface area (Å²) in [6, 6.07) is 15.5. The van der Waals surface area contributed by atoms with Crippen LogP contribution in [0.4, 0.5) is 5.69 Å². The Morgan fingerprint density at radius 3 is 2.59 bits per heavy atom. The standard InChI is InChI=1S/C17H16N2O2S/c1-12(20)19(2)13-7-9-14(10-8-13)21-11-17-18-15-5-3-4-6-16(15)22-17/h3-10H,11H2,1-2H3. The van der Waals surface area contributed by atoms with Gasteiger partial charge in [0, 0.05) is 19.7 Å². The minimum atomic E-state index is 0.00291. The molecule has 1 heterocycles. The van der Waals surface area contributed by atoms with Gasteiger partial charge in [-0.2, -0.15) is 0 Å². The van der Waals surface area contributed by atoms with E-state index in [4.69, 9.17) is 4.74 Å². The second kappa shape index (κ2) is 6.15. The minimum Gasteiger partial charge on any atom is -0.486 e. The van der Waals surface area contributed by atoms with Gasteiger partial charge in [-0.15, -0.1) is 11.3 Å². The van der Waals surface area contributed by atoms with Crippen LogP contribution < -0.4 is 9.64 Å². The van der Waals surface area contributed by atoms with Crippen molar-refractivity contribution in [3.8, 4) is 5.75 Å². The summed E-state index contributed by atoms with van der Waals surface area (Å²) in [5.74, 6) is 0.767. The van der Waals surface area contributed by atoms with E-state index in [-0.39, 0.29) is 5.91 Å². The molecule has 0 radical (unpaired) electrons. The van der Waals surface area contributed by atoms with E-state index in [0.717, 1.165) is 22.0 Å². The molecule has 0 aliphatic heterocycles. The number of ether oxygens (including phenoxy) is 1. The van der Waals surface area contributed by atoms with Crippen LogP contribution in [-0.4, -0.2) is 17.9 Å². The molecule has 0 unspecified atom stereocenters. The Morgan fingerprint density at radius 1 is 1.18 bits per heavy atom. The summed E-state index contributed by atoms with van der Waals surface area (Å²) in [5, 5.41) is 0.950. The third-order valence-electron chi connectivity index (χ3n) is 3.40. The number of thiazole rings is 1. The van der Waals surface area contributed by atoms with E-state index in [1.165, 1.54) is 11.6 Å². The molecular formula is C17H16N2O2S. The van der Waals surface area contributed by atoms with E-state index in [9.17, 15) is 4.79 Å². The first-order valence-electron chi connectivity index (χ1n) is 6.95. The Bertz CT molecular complexity index is 763. The van der Waals surface area contributed by atoms with Crippen molar-refractivity contribution in [2.24, 2.45) is 0 Å². The Balaban J connectivity index is 1.67. The summed E-state index contributed by atoms with van der Waals surface area (Å²) in [5.41, 5.74) is 1.85. The van der Waals surface area contributed by atoms with Crippen LogP contribution in [0.25, 0.3) is 10.2 Å². The predicted molar refractivity (Wildman–Crippen MR) is 89.5 cm³/mol. The fourth-order valence-corrected chi connectivity index (χ4v) is 2.96. The van der Waals surface area contributed by atoms with E-state index in [2.05, 4.69) is 11.1 Å². The number of amides is 1. The number of rotatable bonds is 4. The van der Waals surface area contributed by atoms with Gasteiger partial charge in [0.05, 0.1) is 10.2 Å². The van der Waals surface area contributed by atoms with E-state index < -0.39 is 0 Å². The van der Waals surface area contributed by atoms with Crippen molar-refractivity contribution >= 4 is 33.1 Å². The van der Waals surface area contributed by atoms with Gasteiger partial charge in [-0.1, -0.05) is 12.1 Å². The summed E-state index contributed by atoms with van der Waals surface area (Å²) >= 11 is 1.64. The number of hydrogen-bond acceptors (Lipinski definition) is 4. The molecule has 0 bridgehead atoms. The summed E-state index contributed by atoms with van der Waals surface area (Å²) < 4.78 is 6.93. The zero-order chi connectivity index (χ0) is 15.5. The monoisotopic (exact) mass is 312 g/mol. The highest BCUT2D eigenvalue weighted by Gasteiger charge is 2.06. The Labute approximate surface area is 133 Å². The molecule has 0 saturated carbocycles. The summed E-state index contributed by atoms with van der Waals surface area (Å²) in [7, 11) is 1.75. The van der Waals surface area contributed by atoms with Gasteiger partial charge in [-0.3, -0.25) is 4.79 Å². The molecule has 0 atom stereocenters. The lowest BCUT2D eigenvalue weighted by Crippen LogP contribution is -2.22. The maximum atomic E-state index is 11.3. The van der Waals surface area contributed by atoms with Crippen molar-refractivity contribution in [3.05, 3.63) is 53.5 Å². The third-order valence-corrected chi connectivity index (χ3v) is 4.41. The fourth-order valence-electron chi connectivity index (χ4n) is 2.07. The molecular weight excluding hydrogens is 296 g/mol. The number of para-hydroxylation sites is 1. The van der Waals surface area contributed by atoms with Crippen molar-refractivity contribution in [1.82, 2.24) is 4.98 Å². The smallest absolute Gasteiger partial charge is 0.223 e. The molecule has 0 saturated heterocycles. The van der Waals surface area contributed by atoms with Crippen LogP contribution in [0.3, 0.4) is 0 Å². The molecule has 0 aliphatic rings. The zero-order valence-corrected chi connectivity index (χ0v) is 13.3. The SMILES string of the molecule is CC(=O)N(C)c1ccc(OCc2nc3ccccc3s2)cc1. The van der Waals surface area contributed by atoms with Crippen LogP contribution in [-0.2, 0) is 11.4 Å². The number of hydrogen-bond donors (Lipinski definition) is 0. The first kappa shape index (κ1) is 14.5. The molecule has 112 valence electrons. The highest BCUT2D eigenvalue weighted by atomic mass is 32.1. The Morgan fingerprint density at radius 2 is 1.91 bits per heavy atom. The lowest BCUT2D eigenvalue weighted by atomic mass is 10.3. The van der Waals surface area contributed by atoms with Gasteiger partial charge in [0.15, 0.2) is 0 Å². The lowest BCUT2D eigenvalue weighted by Gasteiger charge is -2.15. The summed E-state index contributed by atoms with van der Waals surface area (Å²) in [6.07, 6.45) is 0. The van der Waals surface area contributed by atoms with Gasteiger partial charge in [-0.25, -0.2) is 4.98 Å². The largest absolute Gasteiger partial charge is 0.486 e.